The average molecular weight is 410 g/mol. The van der Waals surface area contributed by atoms with Crippen molar-refractivity contribution in [3.8, 4) is 0 Å². The van der Waals surface area contributed by atoms with Crippen LogP contribution in [0.15, 0.2) is 34.2 Å². The molecule has 9 heteroatoms. The Hall–Kier alpha value is -2.42. The summed E-state index contributed by atoms with van der Waals surface area (Å²) in [5, 5.41) is 0. The van der Waals surface area contributed by atoms with Crippen molar-refractivity contribution in [2.24, 2.45) is 4.99 Å². The van der Waals surface area contributed by atoms with Crippen molar-refractivity contribution in [2.45, 2.75) is 70.7 Å². The van der Waals surface area contributed by atoms with E-state index in [0.717, 1.165) is 0 Å². The quantitative estimate of drug-likeness (QED) is 0.720. The number of sulfonamides is 1. The first kappa shape index (κ1) is 21.9. The first-order valence-electron chi connectivity index (χ1n) is 9.18. The Bertz CT molecular complexity index is 885. The van der Waals surface area contributed by atoms with Gasteiger partial charge in [-0.1, -0.05) is 12.1 Å². The lowest BCUT2D eigenvalue weighted by Gasteiger charge is -2.32. The SMILES string of the molecule is CC(OC(=O)[C@H](C)N=C1NS(=O)(=O)c2ccccc21)C(=O)N(C(C)C)C(C)C. The Morgan fingerprint density at radius 2 is 1.61 bits per heavy atom. The summed E-state index contributed by atoms with van der Waals surface area (Å²) >= 11 is 0. The molecule has 1 heterocycles. The average Bonchev–Trinajstić information content (AvgIpc) is 2.85. The summed E-state index contributed by atoms with van der Waals surface area (Å²) < 4.78 is 31.9. The molecule has 0 aliphatic carbocycles. The number of amides is 1. The lowest BCUT2D eigenvalue weighted by Crippen LogP contribution is -2.48. The molecular weight excluding hydrogens is 382 g/mol. The van der Waals surface area contributed by atoms with Crippen LogP contribution in [-0.2, 0) is 24.3 Å². The number of hydrogen-bond donors (Lipinski definition) is 1. The highest BCUT2D eigenvalue weighted by Gasteiger charge is 2.32. The van der Waals surface area contributed by atoms with Crippen LogP contribution >= 0.6 is 0 Å². The monoisotopic (exact) mass is 409 g/mol. The largest absolute Gasteiger partial charge is 0.451 e. The van der Waals surface area contributed by atoms with E-state index in [0.29, 0.717) is 5.56 Å². The van der Waals surface area contributed by atoms with Gasteiger partial charge in [0.25, 0.3) is 15.9 Å². The minimum atomic E-state index is -3.69. The Kier molecular flexibility index (Phi) is 6.48. The molecule has 0 saturated carbocycles. The van der Waals surface area contributed by atoms with E-state index in [1.165, 1.54) is 19.9 Å². The summed E-state index contributed by atoms with van der Waals surface area (Å²) in [6, 6.07) is 5.33. The molecule has 28 heavy (non-hydrogen) atoms. The van der Waals surface area contributed by atoms with Crippen LogP contribution in [0.2, 0.25) is 0 Å². The maximum atomic E-state index is 12.6. The van der Waals surface area contributed by atoms with Gasteiger partial charge in [0.2, 0.25) is 0 Å². The Balaban J connectivity index is 2.14. The molecule has 0 saturated heterocycles. The van der Waals surface area contributed by atoms with Gasteiger partial charge in [-0.2, -0.15) is 0 Å². The molecule has 2 atom stereocenters. The summed E-state index contributed by atoms with van der Waals surface area (Å²) in [5.41, 5.74) is 0.400. The second kappa shape index (κ2) is 8.30. The molecule has 154 valence electrons. The number of benzene rings is 1. The standard InChI is InChI=1S/C19H27N3O5S/c1-11(2)22(12(3)4)18(23)14(6)27-19(24)13(5)20-17-15-9-7-8-10-16(15)28(25,26)21-17/h7-14H,1-6H3,(H,20,21)/t13-,14?/m0/s1. The number of rotatable bonds is 6. The zero-order valence-electron chi connectivity index (χ0n) is 17.0. The van der Waals surface area contributed by atoms with E-state index in [-0.39, 0.29) is 28.7 Å². The number of nitrogens with one attached hydrogen (secondary N) is 1. The molecule has 8 nitrogen and oxygen atoms in total. The molecule has 0 bridgehead atoms. The fraction of sp³-hybridized carbons (Fsp3) is 0.526. The molecule has 2 rings (SSSR count). The van der Waals surface area contributed by atoms with Gasteiger partial charge in [-0.25, -0.2) is 13.2 Å². The Morgan fingerprint density at radius 3 is 2.18 bits per heavy atom. The van der Waals surface area contributed by atoms with Crippen LogP contribution in [0, 0.1) is 0 Å². The number of amidine groups is 1. The Labute approximate surface area is 166 Å². The second-order valence-corrected chi connectivity index (χ2v) is 8.92. The molecule has 1 aromatic rings. The third-order valence-electron chi connectivity index (χ3n) is 4.33. The van der Waals surface area contributed by atoms with Crippen LogP contribution in [0.5, 0.6) is 0 Å². The van der Waals surface area contributed by atoms with Crippen LogP contribution in [0.1, 0.15) is 47.1 Å². The van der Waals surface area contributed by atoms with Gasteiger partial charge in [-0.15, -0.1) is 0 Å². The fourth-order valence-electron chi connectivity index (χ4n) is 3.11. The van der Waals surface area contributed by atoms with Crippen LogP contribution in [0.4, 0.5) is 0 Å². The van der Waals surface area contributed by atoms with Crippen molar-refractivity contribution < 1.29 is 22.7 Å². The molecule has 1 N–H and O–H groups in total. The number of aliphatic imine (C=N–C) groups is 1. The lowest BCUT2D eigenvalue weighted by atomic mass is 10.2. The summed E-state index contributed by atoms with van der Waals surface area (Å²) in [5.74, 6) is -0.903. The van der Waals surface area contributed by atoms with Gasteiger partial charge >= 0.3 is 5.97 Å². The third-order valence-corrected chi connectivity index (χ3v) is 5.73. The van der Waals surface area contributed by atoms with E-state index in [2.05, 4.69) is 9.71 Å². The van der Waals surface area contributed by atoms with Gasteiger partial charge < -0.3 is 9.64 Å². The van der Waals surface area contributed by atoms with Crippen molar-refractivity contribution in [1.82, 2.24) is 9.62 Å². The number of nitrogens with zero attached hydrogens (tertiary/aromatic N) is 2. The third kappa shape index (κ3) is 4.52. The van der Waals surface area contributed by atoms with Gasteiger partial charge in [0.15, 0.2) is 6.10 Å². The highest BCUT2D eigenvalue weighted by molar-refractivity contribution is 7.90. The lowest BCUT2D eigenvalue weighted by molar-refractivity contribution is -0.161. The molecule has 1 aromatic carbocycles. The second-order valence-electron chi connectivity index (χ2n) is 7.27. The zero-order valence-corrected chi connectivity index (χ0v) is 17.8. The molecule has 1 aliphatic rings. The van der Waals surface area contributed by atoms with Crippen molar-refractivity contribution in [2.75, 3.05) is 0 Å². The van der Waals surface area contributed by atoms with E-state index in [1.54, 1.807) is 23.1 Å². The topological polar surface area (TPSA) is 105 Å². The van der Waals surface area contributed by atoms with E-state index in [9.17, 15) is 18.0 Å². The summed E-state index contributed by atoms with van der Waals surface area (Å²) in [4.78, 5) is 30.9. The molecule has 0 radical (unpaired) electrons. The van der Waals surface area contributed by atoms with Crippen molar-refractivity contribution in [3.63, 3.8) is 0 Å². The number of ether oxygens (including phenoxy) is 1. The van der Waals surface area contributed by atoms with Gasteiger partial charge in [0, 0.05) is 17.6 Å². The van der Waals surface area contributed by atoms with E-state index in [4.69, 9.17) is 4.74 Å². The predicted molar refractivity (Wildman–Crippen MR) is 105 cm³/mol. The normalized spacial score (nSPS) is 18.5. The van der Waals surface area contributed by atoms with Gasteiger partial charge in [-0.3, -0.25) is 14.5 Å². The first-order valence-corrected chi connectivity index (χ1v) is 10.7. The highest BCUT2D eigenvalue weighted by atomic mass is 32.2. The minimum Gasteiger partial charge on any atom is -0.451 e. The number of carbonyl (C=O) groups excluding carboxylic acids is 2. The van der Waals surface area contributed by atoms with Crippen molar-refractivity contribution in [3.05, 3.63) is 29.8 Å². The number of hydrogen-bond acceptors (Lipinski definition) is 6. The summed E-state index contributed by atoms with van der Waals surface area (Å²) in [6.45, 7) is 10.6. The van der Waals surface area contributed by atoms with Gasteiger partial charge in [0.05, 0.1) is 4.90 Å². The highest BCUT2D eigenvalue weighted by Crippen LogP contribution is 2.22. The molecular formula is C19H27N3O5S. The number of fused-ring (bicyclic) bond motifs is 1. The van der Waals surface area contributed by atoms with Crippen LogP contribution in [-0.4, -0.2) is 55.3 Å². The summed E-state index contributed by atoms with van der Waals surface area (Å²) in [6.07, 6.45) is -0.965. The summed E-state index contributed by atoms with van der Waals surface area (Å²) in [7, 11) is -3.69. The minimum absolute atomic E-state index is 0.0317. The van der Waals surface area contributed by atoms with Crippen LogP contribution in [0.25, 0.3) is 0 Å². The molecule has 1 amide bonds. The van der Waals surface area contributed by atoms with Gasteiger partial charge in [-0.05, 0) is 53.7 Å². The first-order chi connectivity index (χ1) is 13.0. The maximum absolute atomic E-state index is 12.6. The van der Waals surface area contributed by atoms with E-state index < -0.39 is 28.1 Å². The predicted octanol–water partition coefficient (Wildman–Crippen LogP) is 1.69. The maximum Gasteiger partial charge on any atom is 0.331 e. The van der Waals surface area contributed by atoms with E-state index >= 15 is 0 Å². The molecule has 0 spiro atoms. The van der Waals surface area contributed by atoms with Crippen molar-refractivity contribution in [1.29, 1.82) is 0 Å². The molecule has 1 unspecified atom stereocenters. The van der Waals surface area contributed by atoms with Crippen LogP contribution in [0.3, 0.4) is 0 Å². The fourth-order valence-corrected chi connectivity index (χ4v) is 4.35. The van der Waals surface area contributed by atoms with Gasteiger partial charge in [0.1, 0.15) is 11.9 Å². The smallest absolute Gasteiger partial charge is 0.331 e. The van der Waals surface area contributed by atoms with Crippen LogP contribution < -0.4 is 4.72 Å². The zero-order chi connectivity index (χ0) is 21.2. The van der Waals surface area contributed by atoms with Crippen molar-refractivity contribution >= 4 is 27.7 Å². The van der Waals surface area contributed by atoms with E-state index in [1.807, 2.05) is 27.7 Å². The molecule has 1 aliphatic heterocycles. The number of esters is 1. The Morgan fingerprint density at radius 1 is 1.04 bits per heavy atom. The molecule has 0 aromatic heterocycles. The molecule has 0 fully saturated rings. The number of carbonyl (C=O) groups is 2.